The van der Waals surface area contributed by atoms with Crippen LogP contribution >= 0.6 is 0 Å². The minimum Gasteiger partial charge on any atom is -0.508 e. The molecule has 0 bridgehead atoms. The van der Waals surface area contributed by atoms with Crippen molar-refractivity contribution in [3.63, 3.8) is 0 Å². The Bertz CT molecular complexity index is 1020. The first-order chi connectivity index (χ1) is 13.5. The zero-order valence-corrected chi connectivity index (χ0v) is 16.6. The molecule has 2 N–H and O–H groups in total. The molecule has 4 heteroatoms. The maximum absolute atomic E-state index is 13.1. The highest BCUT2D eigenvalue weighted by Crippen LogP contribution is 2.36. The summed E-state index contributed by atoms with van der Waals surface area (Å²) in [5, 5.41) is 13.2. The number of carbonyl (C=O) groups is 1. The van der Waals surface area contributed by atoms with E-state index in [0.717, 1.165) is 35.4 Å². The number of rotatable bonds is 4. The average molecular weight is 374 g/mol. The number of hydrogen-bond acceptors (Lipinski definition) is 2. The number of benzene rings is 2. The van der Waals surface area contributed by atoms with Crippen molar-refractivity contribution in [1.29, 1.82) is 0 Å². The van der Waals surface area contributed by atoms with E-state index in [2.05, 4.69) is 28.9 Å². The number of carbonyl (C=O) groups excluding carboxylic acids is 1. The van der Waals surface area contributed by atoms with E-state index in [0.29, 0.717) is 11.3 Å². The summed E-state index contributed by atoms with van der Waals surface area (Å²) in [6.07, 6.45) is 1.61. The molecular formula is C24H26N2O2. The summed E-state index contributed by atoms with van der Waals surface area (Å²) in [7, 11) is 0. The molecule has 0 spiro atoms. The molecule has 0 saturated carbocycles. The van der Waals surface area contributed by atoms with Gasteiger partial charge in [-0.15, -0.1) is 0 Å². The second-order valence-electron chi connectivity index (χ2n) is 7.65. The Kier molecular flexibility index (Phi) is 4.71. The number of amides is 1. The van der Waals surface area contributed by atoms with Gasteiger partial charge in [0.2, 0.25) is 0 Å². The van der Waals surface area contributed by atoms with Crippen molar-refractivity contribution in [2.75, 3.05) is 0 Å². The number of hydrogen-bond donors (Lipinski definition) is 2. The molecule has 4 rings (SSSR count). The molecule has 2 atom stereocenters. The lowest BCUT2D eigenvalue weighted by Gasteiger charge is -2.19. The number of aryl methyl sites for hydroxylation is 1. The minimum absolute atomic E-state index is 0.0517. The minimum atomic E-state index is -0.0548. The molecule has 4 nitrogen and oxygen atoms in total. The third-order valence-corrected chi connectivity index (χ3v) is 5.95. The number of phenols is 1. The molecule has 1 aromatic heterocycles. The van der Waals surface area contributed by atoms with E-state index in [9.17, 15) is 9.90 Å². The van der Waals surface area contributed by atoms with Crippen LogP contribution in [0.5, 0.6) is 5.75 Å². The predicted octanol–water partition coefficient (Wildman–Crippen LogP) is 4.84. The molecule has 0 radical (unpaired) electrons. The summed E-state index contributed by atoms with van der Waals surface area (Å²) in [4.78, 5) is 13.1. The Balaban J connectivity index is 1.59. The Morgan fingerprint density at radius 3 is 2.64 bits per heavy atom. The number of aromatic nitrogens is 1. The fourth-order valence-corrected chi connectivity index (χ4v) is 4.50. The van der Waals surface area contributed by atoms with Crippen LogP contribution in [0, 0.1) is 13.8 Å². The first kappa shape index (κ1) is 18.4. The van der Waals surface area contributed by atoms with E-state index in [1.54, 1.807) is 6.07 Å². The largest absolute Gasteiger partial charge is 0.508 e. The molecule has 1 heterocycles. The van der Waals surface area contributed by atoms with Gasteiger partial charge in [-0.05, 0) is 62.4 Å². The van der Waals surface area contributed by atoms with Gasteiger partial charge in [0.15, 0.2) is 0 Å². The molecule has 3 aromatic rings. The molecule has 2 aromatic carbocycles. The molecule has 1 aliphatic rings. The number of phenolic OH excluding ortho intramolecular Hbond substituents is 1. The number of fused-ring (bicyclic) bond motifs is 1. The summed E-state index contributed by atoms with van der Waals surface area (Å²) >= 11 is 0. The van der Waals surface area contributed by atoms with Crippen LogP contribution in [0.3, 0.4) is 0 Å². The van der Waals surface area contributed by atoms with Gasteiger partial charge in [-0.3, -0.25) is 4.79 Å². The Hall–Kier alpha value is -3.01. The zero-order chi connectivity index (χ0) is 19.8. The molecule has 28 heavy (non-hydrogen) atoms. The number of nitrogens with zero attached hydrogens (tertiary/aromatic N) is 1. The Morgan fingerprint density at radius 2 is 1.89 bits per heavy atom. The summed E-state index contributed by atoms with van der Waals surface area (Å²) in [6.45, 7) is 6.22. The van der Waals surface area contributed by atoms with E-state index < -0.39 is 0 Å². The smallest absolute Gasteiger partial charge is 0.253 e. The van der Waals surface area contributed by atoms with Gasteiger partial charge in [-0.25, -0.2) is 0 Å². The normalized spacial score (nSPS) is 16.6. The molecular weight excluding hydrogens is 348 g/mol. The molecule has 0 aliphatic heterocycles. The van der Waals surface area contributed by atoms with Crippen LogP contribution in [0.25, 0.3) is 0 Å². The molecule has 2 unspecified atom stereocenters. The zero-order valence-electron chi connectivity index (χ0n) is 16.6. The second-order valence-corrected chi connectivity index (χ2v) is 7.65. The van der Waals surface area contributed by atoms with E-state index >= 15 is 0 Å². The van der Waals surface area contributed by atoms with Crippen molar-refractivity contribution in [2.45, 2.75) is 45.7 Å². The fraction of sp³-hybridized carbons (Fsp3) is 0.292. The van der Waals surface area contributed by atoms with E-state index in [-0.39, 0.29) is 18.0 Å². The van der Waals surface area contributed by atoms with Gasteiger partial charge in [-0.2, -0.15) is 0 Å². The third-order valence-electron chi connectivity index (χ3n) is 5.95. The van der Waals surface area contributed by atoms with Crippen LogP contribution in [0.15, 0.2) is 54.6 Å². The molecule has 1 amide bonds. The van der Waals surface area contributed by atoms with Gasteiger partial charge in [0.05, 0.1) is 17.6 Å². The predicted molar refractivity (Wildman–Crippen MR) is 111 cm³/mol. The SMILES string of the molecule is Cc1cc(C(=O)NC2CCc3c(O)cccc32)c(C)n1C(C)c1ccccc1. The maximum Gasteiger partial charge on any atom is 0.253 e. The first-order valence-corrected chi connectivity index (χ1v) is 9.82. The van der Waals surface area contributed by atoms with Crippen LogP contribution < -0.4 is 5.32 Å². The lowest BCUT2D eigenvalue weighted by Crippen LogP contribution is -2.27. The fourth-order valence-electron chi connectivity index (χ4n) is 4.50. The maximum atomic E-state index is 13.1. The molecule has 144 valence electrons. The van der Waals surface area contributed by atoms with E-state index in [1.165, 1.54) is 5.56 Å². The lowest BCUT2D eigenvalue weighted by molar-refractivity contribution is 0.0936. The Labute approximate surface area is 165 Å². The average Bonchev–Trinajstić information content (AvgIpc) is 3.23. The van der Waals surface area contributed by atoms with Gasteiger partial charge >= 0.3 is 0 Å². The van der Waals surface area contributed by atoms with Gasteiger partial charge in [0.1, 0.15) is 5.75 Å². The van der Waals surface area contributed by atoms with E-state index in [4.69, 9.17) is 0 Å². The topological polar surface area (TPSA) is 54.3 Å². The van der Waals surface area contributed by atoms with Crippen molar-refractivity contribution < 1.29 is 9.90 Å². The Morgan fingerprint density at radius 1 is 1.14 bits per heavy atom. The highest BCUT2D eigenvalue weighted by molar-refractivity contribution is 5.96. The molecule has 0 saturated heterocycles. The second kappa shape index (κ2) is 7.19. The molecule has 0 fully saturated rings. The quantitative estimate of drug-likeness (QED) is 0.687. The van der Waals surface area contributed by atoms with Crippen LogP contribution in [0.1, 0.15) is 63.9 Å². The lowest BCUT2D eigenvalue weighted by atomic mass is 10.1. The van der Waals surface area contributed by atoms with Crippen molar-refractivity contribution in [1.82, 2.24) is 9.88 Å². The van der Waals surface area contributed by atoms with Gasteiger partial charge in [-0.1, -0.05) is 42.5 Å². The van der Waals surface area contributed by atoms with Crippen LogP contribution in [-0.2, 0) is 6.42 Å². The van der Waals surface area contributed by atoms with Crippen molar-refractivity contribution in [2.24, 2.45) is 0 Å². The van der Waals surface area contributed by atoms with Gasteiger partial charge in [0, 0.05) is 11.4 Å². The van der Waals surface area contributed by atoms with Crippen molar-refractivity contribution in [3.05, 3.63) is 88.2 Å². The van der Waals surface area contributed by atoms with Crippen molar-refractivity contribution in [3.8, 4) is 5.75 Å². The molecule has 1 aliphatic carbocycles. The summed E-state index contributed by atoms with van der Waals surface area (Å²) in [6, 6.07) is 18.0. The van der Waals surface area contributed by atoms with Gasteiger partial charge in [0.25, 0.3) is 5.91 Å². The first-order valence-electron chi connectivity index (χ1n) is 9.82. The van der Waals surface area contributed by atoms with E-state index in [1.807, 2.05) is 50.2 Å². The highest BCUT2D eigenvalue weighted by atomic mass is 16.3. The number of nitrogens with one attached hydrogen (secondary N) is 1. The highest BCUT2D eigenvalue weighted by Gasteiger charge is 2.28. The monoisotopic (exact) mass is 374 g/mol. The number of aromatic hydroxyl groups is 1. The van der Waals surface area contributed by atoms with Crippen LogP contribution in [0.4, 0.5) is 0 Å². The van der Waals surface area contributed by atoms with Crippen molar-refractivity contribution >= 4 is 5.91 Å². The van der Waals surface area contributed by atoms with Crippen LogP contribution in [0.2, 0.25) is 0 Å². The third kappa shape index (κ3) is 3.09. The van der Waals surface area contributed by atoms with Gasteiger partial charge < -0.3 is 15.0 Å². The standard InChI is InChI=1S/C24H26N2O2/c1-15-14-21(17(3)26(15)16(2)18-8-5-4-6-9-18)24(28)25-22-13-12-20-19(22)10-7-11-23(20)27/h4-11,14,16,22,27H,12-13H2,1-3H3,(H,25,28). The van der Waals surface area contributed by atoms with Crippen LogP contribution in [-0.4, -0.2) is 15.6 Å². The summed E-state index contributed by atoms with van der Waals surface area (Å²) in [5.41, 5.74) is 5.96. The summed E-state index contributed by atoms with van der Waals surface area (Å²) in [5.74, 6) is 0.268. The summed E-state index contributed by atoms with van der Waals surface area (Å²) < 4.78 is 2.22.